The molecule has 0 aliphatic carbocycles. The molecule has 22 heavy (non-hydrogen) atoms. The van der Waals surface area contributed by atoms with Crippen molar-refractivity contribution in [2.24, 2.45) is 5.92 Å². The summed E-state index contributed by atoms with van der Waals surface area (Å²) in [6.45, 7) is 6.01. The Morgan fingerprint density at radius 2 is 2.05 bits per heavy atom. The van der Waals surface area contributed by atoms with E-state index in [2.05, 4.69) is 15.6 Å². The zero-order chi connectivity index (χ0) is 16.1. The minimum atomic E-state index is -0.0169. The van der Waals surface area contributed by atoms with Gasteiger partial charge in [0.1, 0.15) is 5.82 Å². The molecule has 0 atom stereocenters. The molecule has 4 nitrogen and oxygen atoms in total. The highest BCUT2D eigenvalue weighted by Gasteiger charge is 2.06. The molecule has 2 rings (SSSR count). The van der Waals surface area contributed by atoms with Crippen molar-refractivity contribution in [2.45, 2.75) is 27.2 Å². The van der Waals surface area contributed by atoms with Crippen molar-refractivity contribution in [1.29, 1.82) is 0 Å². The van der Waals surface area contributed by atoms with Crippen LogP contribution >= 0.6 is 11.6 Å². The number of hydrogen-bond donors (Lipinski definition) is 2. The summed E-state index contributed by atoms with van der Waals surface area (Å²) in [5.41, 5.74) is 2.89. The molecule has 116 valence electrons. The number of benzene rings is 1. The van der Waals surface area contributed by atoms with Crippen molar-refractivity contribution in [3.05, 3.63) is 47.1 Å². The monoisotopic (exact) mass is 317 g/mol. The Kier molecular flexibility index (Phi) is 5.39. The molecule has 0 aliphatic heterocycles. The van der Waals surface area contributed by atoms with Gasteiger partial charge in [0.2, 0.25) is 5.91 Å². The Balaban J connectivity index is 2.01. The zero-order valence-corrected chi connectivity index (χ0v) is 13.7. The van der Waals surface area contributed by atoms with Crippen molar-refractivity contribution in [3.8, 4) is 0 Å². The predicted molar refractivity (Wildman–Crippen MR) is 91.8 cm³/mol. The fourth-order valence-electron chi connectivity index (χ4n) is 2.03. The Labute approximate surface area is 135 Å². The quantitative estimate of drug-likeness (QED) is 0.835. The number of aryl methyl sites for hydroxylation is 1. The minimum Gasteiger partial charge on any atom is -0.354 e. The van der Waals surface area contributed by atoms with E-state index in [1.807, 2.05) is 45.0 Å². The average Bonchev–Trinajstić information content (AvgIpc) is 2.43. The molecule has 0 unspecified atom stereocenters. The molecule has 0 bridgehead atoms. The number of pyridine rings is 1. The van der Waals surface area contributed by atoms with Gasteiger partial charge in [-0.1, -0.05) is 25.4 Å². The summed E-state index contributed by atoms with van der Waals surface area (Å²) in [6.07, 6.45) is 2.19. The number of anilines is 3. The molecule has 0 spiro atoms. The average molecular weight is 318 g/mol. The number of amides is 1. The van der Waals surface area contributed by atoms with Gasteiger partial charge < -0.3 is 10.6 Å². The number of carbonyl (C=O) groups is 1. The molecule has 0 aliphatic rings. The summed E-state index contributed by atoms with van der Waals surface area (Å²) in [6, 6.07) is 9.33. The second-order valence-electron chi connectivity index (χ2n) is 5.66. The van der Waals surface area contributed by atoms with Crippen LogP contribution in [0.1, 0.15) is 25.8 Å². The summed E-state index contributed by atoms with van der Waals surface area (Å²) >= 11 is 5.94. The van der Waals surface area contributed by atoms with E-state index < -0.39 is 0 Å². The Bertz CT molecular complexity index is 653. The van der Waals surface area contributed by atoms with E-state index in [1.165, 1.54) is 0 Å². The van der Waals surface area contributed by atoms with Crippen LogP contribution < -0.4 is 10.6 Å². The third kappa shape index (κ3) is 4.74. The van der Waals surface area contributed by atoms with E-state index >= 15 is 0 Å². The highest BCUT2D eigenvalue weighted by atomic mass is 35.5. The van der Waals surface area contributed by atoms with Crippen LogP contribution in [0.4, 0.5) is 17.2 Å². The van der Waals surface area contributed by atoms with Gasteiger partial charge in [-0.15, -0.1) is 0 Å². The third-order valence-electron chi connectivity index (χ3n) is 3.09. The van der Waals surface area contributed by atoms with E-state index in [9.17, 15) is 4.79 Å². The van der Waals surface area contributed by atoms with Crippen molar-refractivity contribution in [3.63, 3.8) is 0 Å². The molecule has 1 aromatic heterocycles. The highest BCUT2D eigenvalue weighted by Crippen LogP contribution is 2.23. The van der Waals surface area contributed by atoms with E-state index in [0.717, 1.165) is 16.9 Å². The number of aromatic nitrogens is 1. The van der Waals surface area contributed by atoms with Gasteiger partial charge in [-0.05, 0) is 48.7 Å². The smallest absolute Gasteiger partial charge is 0.225 e. The Morgan fingerprint density at radius 1 is 1.27 bits per heavy atom. The lowest BCUT2D eigenvalue weighted by molar-refractivity contribution is -0.116. The summed E-state index contributed by atoms with van der Waals surface area (Å²) in [7, 11) is 0. The lowest BCUT2D eigenvalue weighted by atomic mass is 10.1. The fraction of sp³-hybridized carbons (Fsp3) is 0.294. The molecule has 5 heteroatoms. The lowest BCUT2D eigenvalue weighted by Gasteiger charge is -2.11. The SMILES string of the molecule is Cc1cc(Cl)ccc1Nc1ccc(NC(=O)CC(C)C)nc1. The summed E-state index contributed by atoms with van der Waals surface area (Å²) in [5.74, 6) is 0.870. The van der Waals surface area contributed by atoms with Crippen LogP contribution in [0.2, 0.25) is 5.02 Å². The minimum absolute atomic E-state index is 0.0169. The van der Waals surface area contributed by atoms with Crippen LogP contribution in [0.5, 0.6) is 0 Å². The van der Waals surface area contributed by atoms with Crippen molar-refractivity contribution >= 4 is 34.7 Å². The number of carbonyl (C=O) groups excluding carboxylic acids is 1. The topological polar surface area (TPSA) is 54.0 Å². The van der Waals surface area contributed by atoms with Gasteiger partial charge in [0, 0.05) is 17.1 Å². The second kappa shape index (κ2) is 7.27. The van der Waals surface area contributed by atoms with Crippen LogP contribution in [-0.2, 0) is 4.79 Å². The number of rotatable bonds is 5. The molecule has 0 saturated carbocycles. The van der Waals surface area contributed by atoms with Gasteiger partial charge in [-0.3, -0.25) is 4.79 Å². The van der Waals surface area contributed by atoms with E-state index in [4.69, 9.17) is 11.6 Å². The lowest BCUT2D eigenvalue weighted by Crippen LogP contribution is -2.14. The van der Waals surface area contributed by atoms with Crippen LogP contribution in [0.3, 0.4) is 0 Å². The molecule has 0 fully saturated rings. The molecular formula is C17H20ClN3O. The van der Waals surface area contributed by atoms with E-state index in [-0.39, 0.29) is 5.91 Å². The number of nitrogens with zero attached hydrogens (tertiary/aromatic N) is 1. The van der Waals surface area contributed by atoms with Gasteiger partial charge in [-0.2, -0.15) is 0 Å². The summed E-state index contributed by atoms with van der Waals surface area (Å²) < 4.78 is 0. The Morgan fingerprint density at radius 3 is 2.64 bits per heavy atom. The van der Waals surface area contributed by atoms with Crippen LogP contribution in [0.15, 0.2) is 36.5 Å². The van der Waals surface area contributed by atoms with Crippen molar-refractivity contribution < 1.29 is 4.79 Å². The first kappa shape index (κ1) is 16.3. The highest BCUT2D eigenvalue weighted by molar-refractivity contribution is 6.30. The first-order chi connectivity index (χ1) is 10.4. The second-order valence-corrected chi connectivity index (χ2v) is 6.10. The standard InChI is InChI=1S/C17H20ClN3O/c1-11(2)8-17(22)21-16-7-5-14(10-19-16)20-15-6-4-13(18)9-12(15)3/h4-7,9-11,20H,8H2,1-3H3,(H,19,21,22). The normalized spacial score (nSPS) is 10.6. The van der Waals surface area contributed by atoms with Crippen molar-refractivity contribution in [2.75, 3.05) is 10.6 Å². The maximum absolute atomic E-state index is 11.7. The first-order valence-corrected chi connectivity index (χ1v) is 7.61. The summed E-state index contributed by atoms with van der Waals surface area (Å²) in [4.78, 5) is 15.9. The summed E-state index contributed by atoms with van der Waals surface area (Å²) in [5, 5.41) is 6.78. The Hall–Kier alpha value is -2.07. The van der Waals surface area contributed by atoms with Gasteiger partial charge in [0.15, 0.2) is 0 Å². The first-order valence-electron chi connectivity index (χ1n) is 7.23. The van der Waals surface area contributed by atoms with Crippen LogP contribution in [0.25, 0.3) is 0 Å². The maximum Gasteiger partial charge on any atom is 0.225 e. The molecule has 1 amide bonds. The van der Waals surface area contributed by atoms with Crippen LogP contribution in [-0.4, -0.2) is 10.9 Å². The molecule has 0 radical (unpaired) electrons. The predicted octanol–water partition coefficient (Wildman–Crippen LogP) is 4.77. The number of nitrogens with one attached hydrogen (secondary N) is 2. The van der Waals surface area contributed by atoms with Crippen LogP contribution in [0, 0.1) is 12.8 Å². The molecule has 0 saturated heterocycles. The molecule has 2 aromatic rings. The van der Waals surface area contributed by atoms with Gasteiger partial charge >= 0.3 is 0 Å². The van der Waals surface area contributed by atoms with Gasteiger partial charge in [0.25, 0.3) is 0 Å². The van der Waals surface area contributed by atoms with E-state index in [0.29, 0.717) is 23.2 Å². The maximum atomic E-state index is 11.7. The van der Waals surface area contributed by atoms with Gasteiger partial charge in [0.05, 0.1) is 11.9 Å². The molecule has 1 heterocycles. The largest absolute Gasteiger partial charge is 0.354 e. The van der Waals surface area contributed by atoms with E-state index in [1.54, 1.807) is 12.3 Å². The van der Waals surface area contributed by atoms with Crippen molar-refractivity contribution in [1.82, 2.24) is 4.98 Å². The molecular weight excluding hydrogens is 298 g/mol. The third-order valence-corrected chi connectivity index (χ3v) is 3.33. The van der Waals surface area contributed by atoms with Gasteiger partial charge in [-0.25, -0.2) is 4.98 Å². The number of hydrogen-bond acceptors (Lipinski definition) is 3. The molecule has 1 aromatic carbocycles. The number of halogens is 1. The molecule has 2 N–H and O–H groups in total. The fourth-order valence-corrected chi connectivity index (χ4v) is 2.26. The zero-order valence-electron chi connectivity index (χ0n) is 13.0.